The van der Waals surface area contributed by atoms with Crippen LogP contribution < -0.4 is 11.3 Å². The molecule has 2 heterocycles. The third kappa shape index (κ3) is 9.28. The van der Waals surface area contributed by atoms with Gasteiger partial charge >= 0.3 is 21.2 Å². The molecule has 0 aromatic carbocycles. The van der Waals surface area contributed by atoms with Gasteiger partial charge in [-0.2, -0.15) is 4.98 Å². The highest BCUT2D eigenvalue weighted by molar-refractivity contribution is 7.45. The molecule has 0 radical (unpaired) electrons. The topological polar surface area (TPSA) is 245 Å². The SMILES string of the molecule is Nc1nc2nc[nH]c2c(=O)n1F.O=P(O)(O)O.O=P(O)(O)O. The Morgan fingerprint density at radius 3 is 1.95 bits per heavy atom. The van der Waals surface area contributed by atoms with Gasteiger partial charge in [-0.3, -0.25) is 4.79 Å². The van der Waals surface area contributed by atoms with E-state index in [1.165, 1.54) is 6.33 Å². The summed E-state index contributed by atoms with van der Waals surface area (Å²) in [7, 11) is -9.28. The minimum atomic E-state index is -4.64. The second kappa shape index (κ2) is 7.53. The highest BCUT2D eigenvalue weighted by Crippen LogP contribution is 2.26. The number of halogens is 1. The van der Waals surface area contributed by atoms with E-state index >= 15 is 0 Å². The summed E-state index contributed by atoms with van der Waals surface area (Å²) in [6.07, 6.45) is 1.25. The number of nitrogens with one attached hydrogen (secondary N) is 1. The zero-order valence-electron chi connectivity index (χ0n) is 10.2. The van der Waals surface area contributed by atoms with Crippen molar-refractivity contribution in [3.05, 3.63) is 16.7 Å². The van der Waals surface area contributed by atoms with E-state index in [4.69, 9.17) is 44.2 Å². The molecule has 2 aromatic heterocycles. The van der Waals surface area contributed by atoms with E-state index in [1.54, 1.807) is 0 Å². The third-order valence-electron chi connectivity index (χ3n) is 1.43. The molecule has 0 spiro atoms. The first-order chi connectivity index (χ1) is 9.70. The molecule has 14 nitrogen and oxygen atoms in total. The van der Waals surface area contributed by atoms with E-state index in [-0.39, 0.29) is 16.0 Å². The van der Waals surface area contributed by atoms with Crippen molar-refractivity contribution >= 4 is 32.8 Å². The van der Waals surface area contributed by atoms with Gasteiger partial charge in [0.15, 0.2) is 11.2 Å². The minimum Gasteiger partial charge on any atom is -0.367 e. The maximum atomic E-state index is 12.7. The van der Waals surface area contributed by atoms with Crippen molar-refractivity contribution in [2.24, 2.45) is 0 Å². The Kier molecular flexibility index (Phi) is 6.95. The number of nitrogens with zero attached hydrogens (tertiary/aromatic N) is 3. The minimum absolute atomic E-state index is 0.00620. The maximum absolute atomic E-state index is 12.7. The highest BCUT2D eigenvalue weighted by atomic mass is 31.2. The van der Waals surface area contributed by atoms with Gasteiger partial charge in [-0.15, -0.1) is 4.79 Å². The van der Waals surface area contributed by atoms with Crippen LogP contribution >= 0.6 is 15.6 Å². The number of hydrogen-bond acceptors (Lipinski definition) is 6. The molecular formula is C5H10FN5O9P2. The monoisotopic (exact) mass is 365 g/mol. The van der Waals surface area contributed by atoms with Crippen molar-refractivity contribution in [3.8, 4) is 0 Å². The van der Waals surface area contributed by atoms with E-state index in [0.717, 1.165) is 0 Å². The largest absolute Gasteiger partial charge is 0.466 e. The van der Waals surface area contributed by atoms with Gasteiger partial charge in [-0.25, -0.2) is 14.1 Å². The Hall–Kier alpha value is -1.70. The summed E-state index contributed by atoms with van der Waals surface area (Å²) in [5, 5.41) is 0. The van der Waals surface area contributed by atoms with Crippen molar-refractivity contribution in [2.45, 2.75) is 0 Å². The average Bonchev–Trinajstić information content (AvgIpc) is 2.69. The Morgan fingerprint density at radius 2 is 1.55 bits per heavy atom. The van der Waals surface area contributed by atoms with E-state index in [1.807, 2.05) is 0 Å². The lowest BCUT2D eigenvalue weighted by Gasteiger charge is -1.94. The quantitative estimate of drug-likeness (QED) is 0.227. The third-order valence-corrected chi connectivity index (χ3v) is 1.43. The standard InChI is InChI=1S/C5H4FN5O.2H3O4P/c6-11-4(12)2-3(9-1-8-2)10-5(11)7;2*1-5(2,3)4/h1H,(H2,7,10)(H,8,9);2*(H3,1,2,3,4). The van der Waals surface area contributed by atoms with Crippen molar-refractivity contribution in [1.82, 2.24) is 19.7 Å². The molecule has 0 fully saturated rings. The Balaban J connectivity index is 0.000000372. The van der Waals surface area contributed by atoms with Crippen LogP contribution in [-0.4, -0.2) is 49.1 Å². The fourth-order valence-corrected chi connectivity index (χ4v) is 0.884. The number of imidazole rings is 1. The highest BCUT2D eigenvalue weighted by Gasteiger charge is 2.09. The second-order valence-corrected chi connectivity index (χ2v) is 5.24. The fourth-order valence-electron chi connectivity index (χ4n) is 0.884. The van der Waals surface area contributed by atoms with Crippen molar-refractivity contribution in [2.75, 3.05) is 5.73 Å². The van der Waals surface area contributed by atoms with Crippen LogP contribution in [0, 0.1) is 0 Å². The Morgan fingerprint density at radius 1 is 1.14 bits per heavy atom. The summed E-state index contributed by atoms with van der Waals surface area (Å²) >= 11 is 0. The number of fused-ring (bicyclic) bond motifs is 1. The van der Waals surface area contributed by atoms with Gasteiger partial charge in [-0.1, -0.05) is 4.48 Å². The van der Waals surface area contributed by atoms with Crippen LogP contribution in [0.5, 0.6) is 0 Å². The van der Waals surface area contributed by atoms with Crippen molar-refractivity contribution in [1.29, 1.82) is 0 Å². The zero-order valence-corrected chi connectivity index (χ0v) is 12.0. The van der Waals surface area contributed by atoms with Gasteiger partial charge in [0.1, 0.15) is 0 Å². The first kappa shape index (κ1) is 20.3. The van der Waals surface area contributed by atoms with E-state index in [2.05, 4.69) is 15.0 Å². The number of hydrogen-bond donors (Lipinski definition) is 8. The summed E-state index contributed by atoms with van der Waals surface area (Å²) < 4.78 is 30.5. The first-order valence-corrected chi connectivity index (χ1v) is 7.77. The van der Waals surface area contributed by atoms with Gasteiger partial charge in [0.25, 0.3) is 0 Å². The number of aromatic nitrogens is 4. The summed E-state index contributed by atoms with van der Waals surface area (Å²) in [6.45, 7) is 0. The van der Waals surface area contributed by atoms with Crippen LogP contribution in [0.4, 0.5) is 10.4 Å². The number of anilines is 1. The number of phosphoric acid groups is 2. The molecule has 2 aromatic rings. The first-order valence-electron chi connectivity index (χ1n) is 4.64. The number of H-pyrrole nitrogens is 1. The van der Waals surface area contributed by atoms with Crippen LogP contribution in [0.15, 0.2) is 11.1 Å². The van der Waals surface area contributed by atoms with Gasteiger partial charge in [0.2, 0.25) is 5.95 Å². The fraction of sp³-hybridized carbons (Fsp3) is 0. The molecule has 17 heteroatoms. The van der Waals surface area contributed by atoms with Crippen molar-refractivity contribution in [3.63, 3.8) is 0 Å². The number of nitrogens with two attached hydrogens (primary N) is 1. The number of aromatic amines is 1. The summed E-state index contributed by atoms with van der Waals surface area (Å²) in [4.78, 5) is 63.5. The van der Waals surface area contributed by atoms with E-state index < -0.39 is 27.2 Å². The molecule has 9 N–H and O–H groups in total. The molecule has 22 heavy (non-hydrogen) atoms. The maximum Gasteiger partial charge on any atom is 0.466 e. The molecule has 126 valence electrons. The Labute approximate surface area is 119 Å². The summed E-state index contributed by atoms with van der Waals surface area (Å²) in [6, 6.07) is 0. The molecule has 0 saturated carbocycles. The number of rotatable bonds is 0. The summed E-state index contributed by atoms with van der Waals surface area (Å²) in [5.41, 5.74) is 4.31. The Bertz CT molecular complexity index is 740. The van der Waals surface area contributed by atoms with E-state index in [9.17, 15) is 9.28 Å². The van der Waals surface area contributed by atoms with Gasteiger partial charge in [0, 0.05) is 0 Å². The normalized spacial score (nSPS) is 11.2. The number of nitrogen functional groups attached to an aromatic ring is 1. The molecular weight excluding hydrogens is 355 g/mol. The van der Waals surface area contributed by atoms with Crippen LogP contribution in [0.25, 0.3) is 11.2 Å². The molecule has 0 saturated heterocycles. The molecule has 0 bridgehead atoms. The van der Waals surface area contributed by atoms with Gasteiger partial charge in [-0.05, 0) is 0 Å². The van der Waals surface area contributed by atoms with Crippen LogP contribution in [-0.2, 0) is 9.13 Å². The average molecular weight is 365 g/mol. The van der Waals surface area contributed by atoms with Gasteiger partial charge < -0.3 is 40.1 Å². The second-order valence-electron chi connectivity index (χ2n) is 3.18. The van der Waals surface area contributed by atoms with Crippen molar-refractivity contribution < 1.29 is 43.0 Å². The molecule has 2 rings (SSSR count). The smallest absolute Gasteiger partial charge is 0.367 e. The molecule has 0 unspecified atom stereocenters. The molecule has 0 aliphatic carbocycles. The predicted molar refractivity (Wildman–Crippen MR) is 67.6 cm³/mol. The van der Waals surface area contributed by atoms with Crippen LogP contribution in [0.2, 0.25) is 0 Å². The lowest BCUT2D eigenvalue weighted by molar-refractivity contribution is 0.272. The lowest BCUT2D eigenvalue weighted by Crippen LogP contribution is -2.18. The molecule has 0 aliphatic heterocycles. The molecule has 0 aliphatic rings. The lowest BCUT2D eigenvalue weighted by atomic mass is 10.5. The molecule has 0 atom stereocenters. The van der Waals surface area contributed by atoms with Crippen LogP contribution in [0.1, 0.15) is 0 Å². The summed E-state index contributed by atoms with van der Waals surface area (Å²) in [5.74, 6) is -0.500. The van der Waals surface area contributed by atoms with Crippen LogP contribution in [0.3, 0.4) is 0 Å². The zero-order chi connectivity index (χ0) is 17.7. The molecule has 0 amide bonds. The van der Waals surface area contributed by atoms with E-state index in [0.29, 0.717) is 0 Å². The van der Waals surface area contributed by atoms with Gasteiger partial charge in [0.05, 0.1) is 6.33 Å². The predicted octanol–water partition coefficient (Wildman–Crippen LogP) is -2.42.